The Morgan fingerprint density at radius 3 is 2.70 bits per heavy atom. The van der Waals surface area contributed by atoms with Crippen LogP contribution in [0.1, 0.15) is 54.4 Å². The highest BCUT2D eigenvalue weighted by Crippen LogP contribution is 2.39. The number of allylic oxidation sites excluding steroid dienone is 1. The van der Waals surface area contributed by atoms with Crippen molar-refractivity contribution >= 4 is 26.2 Å². The Labute approximate surface area is 123 Å². The van der Waals surface area contributed by atoms with Crippen molar-refractivity contribution in [3.8, 4) is 0 Å². The summed E-state index contributed by atoms with van der Waals surface area (Å²) in [7, 11) is 0.310. The predicted molar refractivity (Wildman–Crippen MR) is 90.3 cm³/mol. The summed E-state index contributed by atoms with van der Waals surface area (Å²) in [4.78, 5) is 0. The smallest absolute Gasteiger partial charge is 0.0118 e. The first-order valence-corrected chi connectivity index (χ1v) is 8.49. The van der Waals surface area contributed by atoms with Gasteiger partial charge in [0.15, 0.2) is 0 Å². The minimum absolute atomic E-state index is 0.310. The molecular formula is C17H23N2P. The maximum atomic E-state index is 6.23. The third-order valence-electron chi connectivity index (χ3n) is 4.59. The summed E-state index contributed by atoms with van der Waals surface area (Å²) in [6.07, 6.45) is 9.01. The first-order chi connectivity index (χ1) is 9.65. The SMILES string of the molecule is C=Cc1c(/C=C(\N)C2CC2)c(PN)cc2c1C(C)CC2. The monoisotopic (exact) mass is 286 g/mol. The van der Waals surface area contributed by atoms with Crippen LogP contribution in [0.25, 0.3) is 12.2 Å². The van der Waals surface area contributed by atoms with Crippen LogP contribution in [0.15, 0.2) is 18.3 Å². The maximum Gasteiger partial charge on any atom is 0.0118 e. The second-order valence-corrected chi connectivity index (χ2v) is 6.86. The topological polar surface area (TPSA) is 52.0 Å². The van der Waals surface area contributed by atoms with Crippen molar-refractivity contribution in [2.45, 2.75) is 38.5 Å². The first-order valence-electron chi connectivity index (χ1n) is 7.41. The van der Waals surface area contributed by atoms with Crippen LogP contribution in [0.5, 0.6) is 0 Å². The fourth-order valence-corrected chi connectivity index (χ4v) is 3.91. The van der Waals surface area contributed by atoms with Gasteiger partial charge in [0.1, 0.15) is 0 Å². The molecule has 2 aliphatic carbocycles. The van der Waals surface area contributed by atoms with E-state index in [2.05, 4.69) is 25.6 Å². The second kappa shape index (κ2) is 5.35. The third kappa shape index (κ3) is 2.32. The van der Waals surface area contributed by atoms with Crippen molar-refractivity contribution in [3.63, 3.8) is 0 Å². The Bertz CT molecular complexity index is 585. The van der Waals surface area contributed by atoms with Gasteiger partial charge in [-0.2, -0.15) is 0 Å². The van der Waals surface area contributed by atoms with E-state index in [9.17, 15) is 0 Å². The summed E-state index contributed by atoms with van der Waals surface area (Å²) in [5, 5.41) is 1.23. The minimum Gasteiger partial charge on any atom is -0.402 e. The zero-order chi connectivity index (χ0) is 14.3. The largest absolute Gasteiger partial charge is 0.402 e. The van der Waals surface area contributed by atoms with Gasteiger partial charge in [0.05, 0.1) is 0 Å². The zero-order valence-electron chi connectivity index (χ0n) is 12.1. The molecule has 106 valence electrons. The van der Waals surface area contributed by atoms with Gasteiger partial charge in [0, 0.05) is 5.70 Å². The van der Waals surface area contributed by atoms with Gasteiger partial charge in [-0.1, -0.05) is 19.6 Å². The molecule has 1 fully saturated rings. The van der Waals surface area contributed by atoms with E-state index >= 15 is 0 Å². The second-order valence-electron chi connectivity index (χ2n) is 6.03. The standard InChI is InChI=1S/C17H23N2P/c1-3-13-14(9-15(18)11-6-7-11)16(20-19)8-12-5-4-10(2)17(12)13/h3,8-11,20H,1,4-7,18-19H2,2H3/b15-9-. The number of rotatable bonds is 4. The van der Waals surface area contributed by atoms with Crippen LogP contribution in [-0.4, -0.2) is 0 Å². The summed E-state index contributed by atoms with van der Waals surface area (Å²) >= 11 is 0. The van der Waals surface area contributed by atoms with E-state index in [-0.39, 0.29) is 0 Å². The third-order valence-corrected chi connectivity index (χ3v) is 5.32. The van der Waals surface area contributed by atoms with Crippen molar-refractivity contribution in [3.05, 3.63) is 40.6 Å². The number of aryl methyl sites for hydroxylation is 1. The molecule has 3 rings (SSSR count). The Morgan fingerprint density at radius 2 is 2.10 bits per heavy atom. The zero-order valence-corrected chi connectivity index (χ0v) is 13.1. The van der Waals surface area contributed by atoms with Gasteiger partial charge in [-0.15, -0.1) is 0 Å². The number of hydrogen-bond acceptors (Lipinski definition) is 2. The molecule has 3 heteroatoms. The Balaban J connectivity index is 2.18. The summed E-state index contributed by atoms with van der Waals surface area (Å²) in [5.41, 5.74) is 18.7. The molecule has 20 heavy (non-hydrogen) atoms. The molecule has 0 saturated heterocycles. The van der Waals surface area contributed by atoms with Crippen LogP contribution in [-0.2, 0) is 6.42 Å². The highest BCUT2D eigenvalue weighted by Gasteiger charge is 2.27. The number of hydrogen-bond donors (Lipinski definition) is 2. The van der Waals surface area contributed by atoms with Crippen molar-refractivity contribution in [2.24, 2.45) is 17.2 Å². The lowest BCUT2D eigenvalue weighted by Gasteiger charge is -2.17. The molecule has 2 nitrogen and oxygen atoms in total. The van der Waals surface area contributed by atoms with Crippen molar-refractivity contribution in [1.29, 1.82) is 0 Å². The van der Waals surface area contributed by atoms with E-state index in [1.54, 1.807) is 0 Å². The summed E-state index contributed by atoms with van der Waals surface area (Å²) in [6.45, 7) is 6.35. The molecule has 2 unspecified atom stereocenters. The highest BCUT2D eigenvalue weighted by atomic mass is 31.1. The lowest BCUT2D eigenvalue weighted by molar-refractivity contribution is 0.746. The van der Waals surface area contributed by atoms with E-state index in [1.165, 1.54) is 46.8 Å². The lowest BCUT2D eigenvalue weighted by atomic mass is 9.92. The van der Waals surface area contributed by atoms with Crippen molar-refractivity contribution in [2.75, 3.05) is 0 Å². The average molecular weight is 286 g/mol. The highest BCUT2D eigenvalue weighted by molar-refractivity contribution is 7.44. The fourth-order valence-electron chi connectivity index (χ4n) is 3.29. The van der Waals surface area contributed by atoms with E-state index in [4.69, 9.17) is 11.2 Å². The first kappa shape index (κ1) is 13.9. The molecular weight excluding hydrogens is 263 g/mol. The predicted octanol–water partition coefficient (Wildman–Crippen LogP) is 3.27. The number of benzene rings is 1. The average Bonchev–Trinajstić information content (AvgIpc) is 3.23. The summed E-state index contributed by atoms with van der Waals surface area (Å²) in [6, 6.07) is 2.30. The van der Waals surface area contributed by atoms with E-state index < -0.39 is 0 Å². The summed E-state index contributed by atoms with van der Waals surface area (Å²) in [5.74, 6) is 1.20. The van der Waals surface area contributed by atoms with Gasteiger partial charge in [0.2, 0.25) is 0 Å². The van der Waals surface area contributed by atoms with Crippen LogP contribution in [0, 0.1) is 5.92 Å². The Morgan fingerprint density at radius 1 is 1.35 bits per heavy atom. The molecule has 0 spiro atoms. The normalized spacial score (nSPS) is 22.5. The molecule has 4 N–H and O–H groups in total. The van der Waals surface area contributed by atoms with E-state index in [0.717, 1.165) is 12.1 Å². The molecule has 0 bridgehead atoms. The molecule has 0 aliphatic heterocycles. The van der Waals surface area contributed by atoms with Crippen LogP contribution < -0.4 is 16.5 Å². The molecule has 2 aliphatic rings. The maximum absolute atomic E-state index is 6.23. The van der Waals surface area contributed by atoms with Gasteiger partial charge < -0.3 is 11.2 Å². The quantitative estimate of drug-likeness (QED) is 0.835. The molecule has 0 amide bonds. The van der Waals surface area contributed by atoms with Crippen molar-refractivity contribution in [1.82, 2.24) is 0 Å². The molecule has 1 aromatic rings. The van der Waals surface area contributed by atoms with Crippen LogP contribution in [0.2, 0.25) is 0 Å². The molecule has 0 radical (unpaired) electrons. The summed E-state index contributed by atoms with van der Waals surface area (Å²) < 4.78 is 0. The lowest BCUT2D eigenvalue weighted by Crippen LogP contribution is -2.11. The molecule has 1 saturated carbocycles. The van der Waals surface area contributed by atoms with Gasteiger partial charge >= 0.3 is 0 Å². The molecule has 0 heterocycles. The molecule has 0 aromatic heterocycles. The van der Waals surface area contributed by atoms with Crippen LogP contribution in [0.3, 0.4) is 0 Å². The number of nitrogens with two attached hydrogens (primary N) is 2. The van der Waals surface area contributed by atoms with Crippen LogP contribution in [0.4, 0.5) is 0 Å². The van der Waals surface area contributed by atoms with Gasteiger partial charge in [-0.3, -0.25) is 0 Å². The van der Waals surface area contributed by atoms with E-state index in [0.29, 0.717) is 20.6 Å². The minimum atomic E-state index is 0.310. The number of fused-ring (bicyclic) bond motifs is 1. The van der Waals surface area contributed by atoms with Gasteiger partial charge in [-0.05, 0) is 86.0 Å². The molecule has 2 atom stereocenters. The van der Waals surface area contributed by atoms with Gasteiger partial charge in [-0.25, -0.2) is 0 Å². The Hall–Kier alpha value is -1.11. The fraction of sp³-hybridized carbons (Fsp3) is 0.412. The molecule has 1 aromatic carbocycles. The van der Waals surface area contributed by atoms with Crippen LogP contribution >= 0.6 is 8.73 Å². The Kier molecular flexibility index (Phi) is 3.70. The van der Waals surface area contributed by atoms with Crippen molar-refractivity contribution < 1.29 is 0 Å². The van der Waals surface area contributed by atoms with E-state index in [1.807, 2.05) is 6.08 Å². The van der Waals surface area contributed by atoms with Gasteiger partial charge in [0.25, 0.3) is 0 Å².